The van der Waals surface area contributed by atoms with E-state index < -0.39 is 5.41 Å². The minimum atomic E-state index is -0.536. The van der Waals surface area contributed by atoms with Crippen molar-refractivity contribution >= 4 is 28.8 Å². The van der Waals surface area contributed by atoms with Gasteiger partial charge in [-0.25, -0.2) is 4.98 Å². The number of carbonyl (C=O) groups excluding carboxylic acids is 1. The van der Waals surface area contributed by atoms with Crippen molar-refractivity contribution in [3.63, 3.8) is 0 Å². The van der Waals surface area contributed by atoms with Gasteiger partial charge < -0.3 is 26.1 Å². The first kappa shape index (κ1) is 16.6. The number of nitrogens with one attached hydrogen (secondary N) is 4. The number of oxime groups is 1. The molecule has 0 saturated carbocycles. The van der Waals surface area contributed by atoms with Gasteiger partial charge in [-0.1, -0.05) is 11.2 Å². The van der Waals surface area contributed by atoms with Gasteiger partial charge in [0.15, 0.2) is 5.60 Å². The van der Waals surface area contributed by atoms with E-state index in [1.165, 1.54) is 11.1 Å². The molecule has 1 atom stereocenters. The highest BCUT2D eigenvalue weighted by atomic mass is 16.7. The van der Waals surface area contributed by atoms with Crippen molar-refractivity contribution in [3.05, 3.63) is 47.2 Å². The molecule has 8 nitrogen and oxygen atoms in total. The van der Waals surface area contributed by atoms with Crippen LogP contribution >= 0.6 is 0 Å². The first-order chi connectivity index (χ1) is 14.6. The Balaban J connectivity index is 1.16. The maximum atomic E-state index is 12.9. The van der Waals surface area contributed by atoms with Crippen molar-refractivity contribution in [2.24, 2.45) is 5.16 Å². The molecule has 2 spiro atoms. The van der Waals surface area contributed by atoms with Crippen LogP contribution in [0.3, 0.4) is 0 Å². The lowest BCUT2D eigenvalue weighted by Crippen LogP contribution is -2.37. The van der Waals surface area contributed by atoms with E-state index in [-0.39, 0.29) is 17.7 Å². The summed E-state index contributed by atoms with van der Waals surface area (Å²) in [6, 6.07) is 8.32. The van der Waals surface area contributed by atoms with E-state index in [1.807, 2.05) is 12.1 Å². The Kier molecular flexibility index (Phi) is 3.06. The van der Waals surface area contributed by atoms with Crippen molar-refractivity contribution in [1.82, 2.24) is 10.3 Å². The molecule has 5 heterocycles. The maximum absolute atomic E-state index is 12.9. The molecule has 4 N–H and O–H groups in total. The molecule has 7 rings (SSSR count). The van der Waals surface area contributed by atoms with Gasteiger partial charge >= 0.3 is 0 Å². The van der Waals surface area contributed by atoms with Crippen LogP contribution in [0.5, 0.6) is 0 Å². The normalized spacial score (nSPS) is 27.3. The molecule has 0 bridgehead atoms. The molecule has 152 valence electrons. The fraction of sp³-hybridized carbons (Fsp3) is 0.409. The van der Waals surface area contributed by atoms with E-state index in [4.69, 9.17) is 4.84 Å². The molecule has 1 aromatic heterocycles. The number of benzene rings is 1. The van der Waals surface area contributed by atoms with E-state index in [2.05, 4.69) is 43.5 Å². The molecule has 1 aromatic carbocycles. The fourth-order valence-electron chi connectivity index (χ4n) is 5.73. The number of hydrogen-bond acceptors (Lipinski definition) is 7. The van der Waals surface area contributed by atoms with Crippen LogP contribution in [-0.2, 0) is 27.9 Å². The summed E-state index contributed by atoms with van der Waals surface area (Å²) in [7, 11) is 0. The number of fused-ring (bicyclic) bond motifs is 4. The predicted octanol–water partition coefficient (Wildman–Crippen LogP) is 1.74. The second-order valence-corrected chi connectivity index (χ2v) is 9.14. The molecule has 1 amide bonds. The first-order valence-electron chi connectivity index (χ1n) is 10.6. The van der Waals surface area contributed by atoms with Crippen molar-refractivity contribution in [3.8, 4) is 0 Å². The standard InChI is InChI=1S/C22H22N6O2/c29-20-22(14-2-1-4-24-18(14)27-20)8-12-6-15-16(7-13(12)9-22)26-19(25-15)17-10-21(30-28-17)3-5-23-11-21/h1-2,4,6-7,19,23,25-26H,3,5,8-11H2,(H,24,27,29). The number of carbonyl (C=O) groups is 1. The molecule has 1 saturated heterocycles. The lowest BCUT2D eigenvalue weighted by atomic mass is 9.79. The number of anilines is 3. The highest BCUT2D eigenvalue weighted by molar-refractivity contribution is 6.06. The summed E-state index contributed by atoms with van der Waals surface area (Å²) in [6.07, 6.45) is 4.91. The Labute approximate surface area is 173 Å². The highest BCUT2D eigenvalue weighted by Gasteiger charge is 2.51. The molecule has 0 radical (unpaired) electrons. The van der Waals surface area contributed by atoms with Crippen molar-refractivity contribution in [2.45, 2.75) is 42.9 Å². The molecule has 1 aliphatic carbocycles. The molecule has 2 aromatic rings. The first-order valence-corrected chi connectivity index (χ1v) is 10.6. The third kappa shape index (κ3) is 2.11. The topological polar surface area (TPSA) is 99.7 Å². The van der Waals surface area contributed by atoms with Crippen LogP contribution in [0.25, 0.3) is 0 Å². The second kappa shape index (κ2) is 5.51. The van der Waals surface area contributed by atoms with Gasteiger partial charge in [0, 0.05) is 31.1 Å². The summed E-state index contributed by atoms with van der Waals surface area (Å²) in [5.41, 5.74) is 5.89. The van der Waals surface area contributed by atoms with E-state index in [0.29, 0.717) is 18.7 Å². The zero-order valence-electron chi connectivity index (χ0n) is 16.4. The Hall–Kier alpha value is -3.13. The molecule has 1 fully saturated rings. The predicted molar refractivity (Wildman–Crippen MR) is 113 cm³/mol. The van der Waals surface area contributed by atoms with E-state index in [1.54, 1.807) is 6.20 Å². The monoisotopic (exact) mass is 402 g/mol. The van der Waals surface area contributed by atoms with Crippen LogP contribution in [-0.4, -0.2) is 41.5 Å². The average Bonchev–Trinajstić information content (AvgIpc) is 3.55. The number of amides is 1. The largest absolute Gasteiger partial charge is 0.387 e. The summed E-state index contributed by atoms with van der Waals surface area (Å²) < 4.78 is 0. The minimum Gasteiger partial charge on any atom is -0.387 e. The van der Waals surface area contributed by atoms with Crippen LogP contribution in [0.2, 0.25) is 0 Å². The van der Waals surface area contributed by atoms with Gasteiger partial charge in [0.1, 0.15) is 17.7 Å². The molecule has 5 aliphatic rings. The van der Waals surface area contributed by atoms with Gasteiger partial charge in [0.05, 0.1) is 16.8 Å². The summed E-state index contributed by atoms with van der Waals surface area (Å²) in [5, 5.41) is 17.9. The number of pyridine rings is 1. The minimum absolute atomic E-state index is 0.0452. The van der Waals surface area contributed by atoms with Gasteiger partial charge in [0.2, 0.25) is 5.91 Å². The van der Waals surface area contributed by atoms with Gasteiger partial charge in [0.25, 0.3) is 0 Å². The third-order valence-electron chi connectivity index (χ3n) is 7.31. The van der Waals surface area contributed by atoms with Crippen molar-refractivity contribution in [1.29, 1.82) is 0 Å². The van der Waals surface area contributed by atoms with Crippen LogP contribution < -0.4 is 21.3 Å². The Bertz CT molecular complexity index is 1100. The number of aromatic nitrogens is 1. The van der Waals surface area contributed by atoms with Crippen LogP contribution in [0, 0.1) is 0 Å². The lowest BCUT2D eigenvalue weighted by Gasteiger charge is -2.20. The SMILES string of the molecule is O=C1Nc2ncccc2C12Cc1cc3c(cc1C2)NC(C1=NOC2(CCNC2)C1)N3. The zero-order valence-corrected chi connectivity index (χ0v) is 16.4. The third-order valence-corrected chi connectivity index (χ3v) is 7.31. The summed E-state index contributed by atoms with van der Waals surface area (Å²) in [5.74, 6) is 0.757. The fourth-order valence-corrected chi connectivity index (χ4v) is 5.73. The molecule has 8 heteroatoms. The summed E-state index contributed by atoms with van der Waals surface area (Å²) in [4.78, 5) is 23.1. The van der Waals surface area contributed by atoms with Crippen molar-refractivity contribution in [2.75, 3.05) is 29.0 Å². The number of hydrogen-bond donors (Lipinski definition) is 4. The molecule has 1 unspecified atom stereocenters. The quantitative estimate of drug-likeness (QED) is 0.580. The molecular formula is C22H22N6O2. The number of nitrogens with zero attached hydrogens (tertiary/aromatic N) is 2. The zero-order chi connectivity index (χ0) is 19.9. The number of rotatable bonds is 1. The van der Waals surface area contributed by atoms with Crippen LogP contribution in [0.15, 0.2) is 35.6 Å². The Morgan fingerprint density at radius 1 is 1.10 bits per heavy atom. The molecule has 30 heavy (non-hydrogen) atoms. The molecular weight excluding hydrogens is 380 g/mol. The van der Waals surface area contributed by atoms with E-state index in [0.717, 1.165) is 48.6 Å². The Morgan fingerprint density at radius 3 is 2.63 bits per heavy atom. The summed E-state index contributed by atoms with van der Waals surface area (Å²) >= 11 is 0. The smallest absolute Gasteiger partial charge is 0.237 e. The highest BCUT2D eigenvalue weighted by Crippen LogP contribution is 2.49. The van der Waals surface area contributed by atoms with Crippen LogP contribution in [0.1, 0.15) is 29.5 Å². The van der Waals surface area contributed by atoms with Crippen LogP contribution in [0.4, 0.5) is 17.2 Å². The van der Waals surface area contributed by atoms with Gasteiger partial charge in [-0.2, -0.15) is 0 Å². The van der Waals surface area contributed by atoms with E-state index >= 15 is 0 Å². The van der Waals surface area contributed by atoms with Gasteiger partial charge in [-0.15, -0.1) is 0 Å². The molecule has 4 aliphatic heterocycles. The second-order valence-electron chi connectivity index (χ2n) is 9.14. The van der Waals surface area contributed by atoms with Crippen molar-refractivity contribution < 1.29 is 9.63 Å². The van der Waals surface area contributed by atoms with Gasteiger partial charge in [-0.05, 0) is 48.7 Å². The maximum Gasteiger partial charge on any atom is 0.237 e. The average molecular weight is 402 g/mol. The lowest BCUT2D eigenvalue weighted by molar-refractivity contribution is -0.120. The summed E-state index contributed by atoms with van der Waals surface area (Å²) in [6.45, 7) is 1.84. The Morgan fingerprint density at radius 2 is 1.90 bits per heavy atom. The van der Waals surface area contributed by atoms with E-state index in [9.17, 15) is 4.79 Å². The van der Waals surface area contributed by atoms with Gasteiger partial charge in [-0.3, -0.25) is 4.79 Å².